The normalized spacial score (nSPS) is 11.9. The van der Waals surface area contributed by atoms with Crippen molar-refractivity contribution in [1.29, 1.82) is 0 Å². The fourth-order valence-corrected chi connectivity index (χ4v) is 2.31. The zero-order valence-corrected chi connectivity index (χ0v) is 13.3. The van der Waals surface area contributed by atoms with Crippen LogP contribution in [0.3, 0.4) is 0 Å². The number of hydrogen-bond donors (Lipinski definition) is 0. The summed E-state index contributed by atoms with van der Waals surface area (Å²) in [6.07, 6.45) is 0. The van der Waals surface area contributed by atoms with Crippen molar-refractivity contribution in [2.75, 3.05) is 7.11 Å². The standard InChI is InChI=1S/C15H10F4O5S/c1-23-14(20)11-4-2-3-9(7-11)10-5-6-12(16)13(8-10)24-25(21,22)15(17,18)19/h2-8H,1H3. The van der Waals surface area contributed by atoms with Crippen LogP contribution in [0, 0.1) is 5.82 Å². The van der Waals surface area contributed by atoms with Gasteiger partial charge in [-0.15, -0.1) is 0 Å². The van der Waals surface area contributed by atoms with Crippen molar-refractivity contribution in [2.45, 2.75) is 5.51 Å². The average Bonchev–Trinajstić information content (AvgIpc) is 2.55. The van der Waals surface area contributed by atoms with Gasteiger partial charge in [0, 0.05) is 0 Å². The Balaban J connectivity index is 2.45. The predicted octanol–water partition coefficient (Wildman–Crippen LogP) is 3.51. The minimum absolute atomic E-state index is 0.138. The summed E-state index contributed by atoms with van der Waals surface area (Å²) >= 11 is 0. The topological polar surface area (TPSA) is 69.7 Å². The third kappa shape index (κ3) is 4.08. The molecule has 0 aromatic heterocycles. The van der Waals surface area contributed by atoms with Crippen molar-refractivity contribution in [1.82, 2.24) is 0 Å². The second-order valence-corrected chi connectivity index (χ2v) is 6.24. The molecule has 134 valence electrons. The van der Waals surface area contributed by atoms with Crippen molar-refractivity contribution >= 4 is 16.1 Å². The van der Waals surface area contributed by atoms with Gasteiger partial charge in [-0.3, -0.25) is 0 Å². The fraction of sp³-hybridized carbons (Fsp3) is 0.133. The third-order valence-corrected chi connectivity index (χ3v) is 4.00. The second kappa shape index (κ2) is 6.71. The molecule has 0 amide bonds. The van der Waals surface area contributed by atoms with E-state index in [9.17, 15) is 30.8 Å². The van der Waals surface area contributed by atoms with Crippen LogP contribution in [0.5, 0.6) is 5.75 Å². The molecule has 0 spiro atoms. The monoisotopic (exact) mass is 378 g/mol. The summed E-state index contributed by atoms with van der Waals surface area (Å²) in [6, 6.07) is 8.47. The lowest BCUT2D eigenvalue weighted by atomic mass is 10.0. The average molecular weight is 378 g/mol. The summed E-state index contributed by atoms with van der Waals surface area (Å²) < 4.78 is 81.2. The van der Waals surface area contributed by atoms with Crippen LogP contribution in [0.15, 0.2) is 42.5 Å². The summed E-state index contributed by atoms with van der Waals surface area (Å²) in [4.78, 5) is 11.5. The Kier molecular flexibility index (Phi) is 5.02. The van der Waals surface area contributed by atoms with E-state index in [4.69, 9.17) is 0 Å². The summed E-state index contributed by atoms with van der Waals surface area (Å²) in [7, 11) is -4.84. The van der Waals surface area contributed by atoms with Gasteiger partial charge in [-0.25, -0.2) is 9.18 Å². The van der Waals surface area contributed by atoms with Gasteiger partial charge in [-0.2, -0.15) is 21.6 Å². The largest absolute Gasteiger partial charge is 0.534 e. The van der Waals surface area contributed by atoms with E-state index in [0.29, 0.717) is 5.56 Å². The van der Waals surface area contributed by atoms with Gasteiger partial charge in [0.2, 0.25) is 0 Å². The molecule has 0 atom stereocenters. The molecule has 0 aliphatic carbocycles. The zero-order valence-electron chi connectivity index (χ0n) is 12.5. The molecular formula is C15H10F4O5S. The molecule has 0 fully saturated rings. The SMILES string of the molecule is COC(=O)c1cccc(-c2ccc(F)c(OS(=O)(=O)C(F)(F)F)c2)c1. The van der Waals surface area contributed by atoms with Gasteiger partial charge in [0.05, 0.1) is 12.7 Å². The number of esters is 1. The molecule has 0 aliphatic rings. The van der Waals surface area contributed by atoms with E-state index in [2.05, 4.69) is 8.92 Å². The van der Waals surface area contributed by atoms with Crippen LogP contribution in [0.1, 0.15) is 10.4 Å². The van der Waals surface area contributed by atoms with Gasteiger partial charge in [0.1, 0.15) is 0 Å². The van der Waals surface area contributed by atoms with Gasteiger partial charge in [0.15, 0.2) is 11.6 Å². The van der Waals surface area contributed by atoms with E-state index in [1.807, 2.05) is 0 Å². The van der Waals surface area contributed by atoms with E-state index in [-0.39, 0.29) is 11.1 Å². The molecule has 5 nitrogen and oxygen atoms in total. The molecule has 0 N–H and O–H groups in total. The van der Waals surface area contributed by atoms with E-state index in [1.54, 1.807) is 0 Å². The summed E-state index contributed by atoms with van der Waals surface area (Å²) in [6.45, 7) is 0. The number of ether oxygens (including phenoxy) is 1. The first-order chi connectivity index (χ1) is 11.5. The number of methoxy groups -OCH3 is 1. The quantitative estimate of drug-likeness (QED) is 0.352. The van der Waals surface area contributed by atoms with Crippen LogP contribution >= 0.6 is 0 Å². The molecule has 0 saturated heterocycles. The Morgan fingerprint density at radius 1 is 1.04 bits per heavy atom. The molecule has 0 heterocycles. The lowest BCUT2D eigenvalue weighted by Gasteiger charge is -2.11. The number of benzene rings is 2. The van der Waals surface area contributed by atoms with Gasteiger partial charge in [0.25, 0.3) is 0 Å². The van der Waals surface area contributed by atoms with Crippen LogP contribution in [-0.4, -0.2) is 27.0 Å². The highest BCUT2D eigenvalue weighted by Crippen LogP contribution is 2.32. The van der Waals surface area contributed by atoms with E-state index < -0.39 is 33.2 Å². The van der Waals surface area contributed by atoms with E-state index >= 15 is 0 Å². The maximum Gasteiger partial charge on any atom is 0.534 e. The molecule has 0 saturated carbocycles. The smallest absolute Gasteiger partial charge is 0.465 e. The minimum atomic E-state index is -6.01. The van der Waals surface area contributed by atoms with E-state index in [0.717, 1.165) is 12.1 Å². The fourth-order valence-electron chi connectivity index (χ4n) is 1.86. The Morgan fingerprint density at radius 3 is 2.28 bits per heavy atom. The summed E-state index contributed by atoms with van der Waals surface area (Å²) in [5, 5.41) is 0. The predicted molar refractivity (Wildman–Crippen MR) is 78.8 cm³/mol. The zero-order chi connectivity index (χ0) is 18.8. The molecule has 0 unspecified atom stereocenters. The third-order valence-electron chi connectivity index (χ3n) is 3.03. The summed E-state index contributed by atoms with van der Waals surface area (Å²) in [5.74, 6) is -3.06. The maximum absolute atomic E-state index is 13.6. The second-order valence-electron chi connectivity index (χ2n) is 4.70. The first-order valence-electron chi connectivity index (χ1n) is 6.54. The van der Waals surface area contributed by atoms with Crippen LogP contribution < -0.4 is 4.18 Å². The van der Waals surface area contributed by atoms with Crippen molar-refractivity contribution in [3.8, 4) is 16.9 Å². The van der Waals surface area contributed by atoms with Gasteiger partial charge < -0.3 is 8.92 Å². The minimum Gasteiger partial charge on any atom is -0.465 e. The molecule has 2 aromatic rings. The van der Waals surface area contributed by atoms with Crippen LogP contribution in [0.25, 0.3) is 11.1 Å². The molecule has 2 aromatic carbocycles. The number of alkyl halides is 3. The molecule has 25 heavy (non-hydrogen) atoms. The molecule has 0 aliphatic heterocycles. The number of carbonyl (C=O) groups excluding carboxylic acids is 1. The number of halogens is 4. The number of carbonyl (C=O) groups is 1. The lowest BCUT2D eigenvalue weighted by Crippen LogP contribution is -2.28. The van der Waals surface area contributed by atoms with Crippen molar-refractivity contribution in [3.63, 3.8) is 0 Å². The Morgan fingerprint density at radius 2 is 1.68 bits per heavy atom. The molecule has 10 heteroatoms. The van der Waals surface area contributed by atoms with Crippen molar-refractivity contribution < 1.29 is 39.7 Å². The molecule has 0 bridgehead atoms. The van der Waals surface area contributed by atoms with Crippen LogP contribution in [0.4, 0.5) is 17.6 Å². The van der Waals surface area contributed by atoms with E-state index in [1.165, 1.54) is 37.4 Å². The first-order valence-corrected chi connectivity index (χ1v) is 7.95. The maximum atomic E-state index is 13.6. The first kappa shape index (κ1) is 18.7. The summed E-state index contributed by atoms with van der Waals surface area (Å²) in [5.41, 5.74) is -5.09. The highest BCUT2D eigenvalue weighted by molar-refractivity contribution is 7.88. The van der Waals surface area contributed by atoms with Crippen LogP contribution in [-0.2, 0) is 14.9 Å². The molecule has 2 rings (SSSR count). The Labute approximate surface area is 139 Å². The van der Waals surface area contributed by atoms with Gasteiger partial charge in [-0.1, -0.05) is 18.2 Å². The van der Waals surface area contributed by atoms with Crippen molar-refractivity contribution in [2.24, 2.45) is 0 Å². The highest BCUT2D eigenvalue weighted by Gasteiger charge is 2.48. The Hall–Kier alpha value is -2.62. The Bertz CT molecular complexity index is 906. The highest BCUT2D eigenvalue weighted by atomic mass is 32.2. The van der Waals surface area contributed by atoms with Crippen LogP contribution in [0.2, 0.25) is 0 Å². The lowest BCUT2D eigenvalue weighted by molar-refractivity contribution is -0.0500. The van der Waals surface area contributed by atoms with Crippen molar-refractivity contribution in [3.05, 3.63) is 53.8 Å². The van der Waals surface area contributed by atoms with Gasteiger partial charge >= 0.3 is 21.6 Å². The number of hydrogen-bond acceptors (Lipinski definition) is 5. The number of rotatable bonds is 4. The van der Waals surface area contributed by atoms with Gasteiger partial charge in [-0.05, 0) is 35.4 Å². The molecule has 0 radical (unpaired) electrons. The molecular weight excluding hydrogens is 368 g/mol.